The van der Waals surface area contributed by atoms with E-state index in [1.807, 2.05) is 23.6 Å². The van der Waals surface area contributed by atoms with E-state index in [4.69, 9.17) is 5.73 Å². The molecule has 3 rings (SSSR count). The maximum Gasteiger partial charge on any atom is 0.148 e. The van der Waals surface area contributed by atoms with Gasteiger partial charge in [-0.3, -0.25) is 0 Å². The lowest BCUT2D eigenvalue weighted by atomic mass is 10.1. The average Bonchev–Trinajstić information content (AvgIpc) is 3.00. The summed E-state index contributed by atoms with van der Waals surface area (Å²) in [6, 6.07) is 5.78. The normalized spacial score (nSPS) is 11.9. The largest absolute Gasteiger partial charge is 0.383 e. The number of nitrogens with two attached hydrogens (primary N) is 1. The van der Waals surface area contributed by atoms with E-state index in [1.54, 1.807) is 0 Å². The molecule has 0 aliphatic heterocycles. The summed E-state index contributed by atoms with van der Waals surface area (Å²) in [5.74, 6) is 0.564. The number of benzene rings is 1. The van der Waals surface area contributed by atoms with Gasteiger partial charge in [-0.25, -0.2) is 23.4 Å². The number of nitrogens with one attached hydrogen (secondary N) is 1. The first-order valence-corrected chi connectivity index (χ1v) is 10.2. The van der Waals surface area contributed by atoms with E-state index < -0.39 is 9.84 Å². The van der Waals surface area contributed by atoms with Gasteiger partial charge in [-0.2, -0.15) is 0 Å². The molecule has 7 nitrogen and oxygen atoms in total. The molecule has 2 heterocycles. The van der Waals surface area contributed by atoms with Gasteiger partial charge in [0.2, 0.25) is 0 Å². The molecule has 0 saturated carbocycles. The predicted molar refractivity (Wildman–Crippen MR) is 96.5 cm³/mol. The molecule has 0 aliphatic rings. The number of thiazole rings is 1. The highest BCUT2D eigenvalue weighted by molar-refractivity contribution is 7.90. The van der Waals surface area contributed by atoms with Crippen LogP contribution in [0.15, 0.2) is 29.9 Å². The minimum absolute atomic E-state index is 0.120. The molecule has 126 valence electrons. The number of hydrogen-bond acceptors (Lipinski definition) is 8. The van der Waals surface area contributed by atoms with Crippen molar-refractivity contribution in [1.29, 1.82) is 0 Å². The summed E-state index contributed by atoms with van der Waals surface area (Å²) in [4.78, 5) is 12.8. The topological polar surface area (TPSA) is 111 Å². The van der Waals surface area contributed by atoms with E-state index in [-0.39, 0.29) is 5.75 Å². The van der Waals surface area contributed by atoms with E-state index in [9.17, 15) is 8.42 Å². The van der Waals surface area contributed by atoms with Crippen molar-refractivity contribution >= 4 is 37.9 Å². The lowest BCUT2D eigenvalue weighted by molar-refractivity contribution is 0.596. The van der Waals surface area contributed by atoms with Crippen LogP contribution in [-0.4, -0.2) is 41.9 Å². The monoisotopic (exact) mass is 363 g/mol. The van der Waals surface area contributed by atoms with Gasteiger partial charge in [0.05, 0.1) is 17.0 Å². The van der Waals surface area contributed by atoms with Crippen molar-refractivity contribution in [1.82, 2.24) is 20.3 Å². The molecular weight excluding hydrogens is 346 g/mol. The number of fused-ring (bicyclic) bond motifs is 1. The van der Waals surface area contributed by atoms with Gasteiger partial charge in [0, 0.05) is 35.7 Å². The fraction of sp³-hybridized carbons (Fsp3) is 0.267. The zero-order valence-corrected chi connectivity index (χ0v) is 14.7. The maximum absolute atomic E-state index is 11.1. The molecular formula is C15H17N5O2S2. The number of sulfone groups is 1. The Bertz CT molecular complexity index is 969. The summed E-state index contributed by atoms with van der Waals surface area (Å²) in [6.45, 7) is 0.955. The van der Waals surface area contributed by atoms with Gasteiger partial charge < -0.3 is 11.1 Å². The highest BCUT2D eigenvalue weighted by atomic mass is 32.2. The van der Waals surface area contributed by atoms with E-state index >= 15 is 0 Å². The van der Waals surface area contributed by atoms with Crippen LogP contribution < -0.4 is 11.1 Å². The van der Waals surface area contributed by atoms with Gasteiger partial charge in [-0.15, -0.1) is 11.3 Å². The summed E-state index contributed by atoms with van der Waals surface area (Å²) in [6.07, 6.45) is 2.67. The van der Waals surface area contributed by atoms with E-state index in [0.29, 0.717) is 18.9 Å². The lowest BCUT2D eigenvalue weighted by Crippen LogP contribution is -2.21. The van der Waals surface area contributed by atoms with Crippen molar-refractivity contribution in [2.75, 3.05) is 24.3 Å². The molecule has 1 aromatic carbocycles. The summed E-state index contributed by atoms with van der Waals surface area (Å²) in [5.41, 5.74) is 8.49. The molecule has 0 bridgehead atoms. The van der Waals surface area contributed by atoms with E-state index in [1.165, 1.54) is 23.9 Å². The molecule has 0 amide bonds. The van der Waals surface area contributed by atoms with E-state index in [2.05, 4.69) is 20.3 Å². The number of nitrogens with zero attached hydrogens (tertiary/aromatic N) is 3. The molecule has 0 atom stereocenters. The maximum atomic E-state index is 11.1. The molecule has 2 aromatic heterocycles. The van der Waals surface area contributed by atoms with Crippen molar-refractivity contribution in [3.05, 3.63) is 34.9 Å². The third-order valence-corrected chi connectivity index (χ3v) is 5.23. The van der Waals surface area contributed by atoms with Crippen molar-refractivity contribution < 1.29 is 8.42 Å². The first kappa shape index (κ1) is 16.7. The Hall–Kier alpha value is -2.10. The lowest BCUT2D eigenvalue weighted by Gasteiger charge is -2.03. The van der Waals surface area contributed by atoms with Crippen LogP contribution in [0.1, 0.15) is 5.01 Å². The van der Waals surface area contributed by atoms with Crippen molar-refractivity contribution in [3.8, 4) is 11.3 Å². The van der Waals surface area contributed by atoms with Crippen LogP contribution in [0.25, 0.3) is 22.2 Å². The first-order valence-electron chi connectivity index (χ1n) is 7.26. The van der Waals surface area contributed by atoms with Crippen LogP contribution in [0.2, 0.25) is 0 Å². The Balaban J connectivity index is 1.72. The Morgan fingerprint density at radius 3 is 2.92 bits per heavy atom. The van der Waals surface area contributed by atoms with Crippen LogP contribution in [-0.2, 0) is 16.4 Å². The van der Waals surface area contributed by atoms with Gasteiger partial charge >= 0.3 is 0 Å². The fourth-order valence-corrected chi connectivity index (χ4v) is 3.50. The summed E-state index contributed by atoms with van der Waals surface area (Å²) in [5, 5.41) is 6.76. The highest BCUT2D eigenvalue weighted by Crippen LogP contribution is 2.26. The number of aromatic nitrogens is 3. The summed E-state index contributed by atoms with van der Waals surface area (Å²) in [7, 11) is -2.94. The van der Waals surface area contributed by atoms with Crippen LogP contribution in [0.4, 0.5) is 5.82 Å². The molecule has 9 heteroatoms. The third kappa shape index (κ3) is 4.05. The predicted octanol–water partition coefficient (Wildman–Crippen LogP) is 1.47. The molecule has 24 heavy (non-hydrogen) atoms. The fourth-order valence-electron chi connectivity index (χ4n) is 2.21. The number of anilines is 1. The molecule has 3 aromatic rings. The van der Waals surface area contributed by atoms with Gasteiger partial charge in [-0.05, 0) is 12.1 Å². The average molecular weight is 363 g/mol. The summed E-state index contributed by atoms with van der Waals surface area (Å²) >= 11 is 1.53. The van der Waals surface area contributed by atoms with Crippen LogP contribution in [0.5, 0.6) is 0 Å². The quantitative estimate of drug-likeness (QED) is 0.638. The molecule has 0 spiro atoms. The Labute approximate surface area is 143 Å². The van der Waals surface area contributed by atoms with Crippen molar-refractivity contribution in [2.45, 2.75) is 6.54 Å². The summed E-state index contributed by atoms with van der Waals surface area (Å²) < 4.78 is 22.2. The number of hydrogen-bond donors (Lipinski definition) is 2. The first-order chi connectivity index (χ1) is 11.4. The molecule has 0 unspecified atom stereocenters. The zero-order chi connectivity index (χ0) is 17.2. The van der Waals surface area contributed by atoms with Gasteiger partial charge in [0.25, 0.3) is 0 Å². The number of rotatable bonds is 6. The van der Waals surface area contributed by atoms with Crippen molar-refractivity contribution in [2.24, 2.45) is 0 Å². The van der Waals surface area contributed by atoms with Gasteiger partial charge in [0.1, 0.15) is 27.0 Å². The second-order valence-electron chi connectivity index (χ2n) is 5.42. The van der Waals surface area contributed by atoms with Crippen molar-refractivity contribution in [3.63, 3.8) is 0 Å². The van der Waals surface area contributed by atoms with Gasteiger partial charge in [0.15, 0.2) is 0 Å². The Morgan fingerprint density at radius 1 is 1.29 bits per heavy atom. The minimum Gasteiger partial charge on any atom is -0.383 e. The SMILES string of the molecule is CS(=O)(=O)CCNCc1nc(-c2ccc3ncnc(N)c3c2)cs1. The molecule has 0 radical (unpaired) electrons. The molecule has 0 saturated heterocycles. The molecule has 0 aliphatic carbocycles. The zero-order valence-electron chi connectivity index (χ0n) is 13.1. The molecule has 0 fully saturated rings. The van der Waals surface area contributed by atoms with Crippen LogP contribution in [0.3, 0.4) is 0 Å². The van der Waals surface area contributed by atoms with Crippen LogP contribution >= 0.6 is 11.3 Å². The standard InChI is InChI=1S/C15H17N5O2S2/c1-24(21,22)5-4-17-7-14-20-13(8-23-14)10-2-3-12-11(6-10)15(16)19-9-18-12/h2-3,6,8-9,17H,4-5,7H2,1H3,(H2,16,18,19). The third-order valence-electron chi connectivity index (χ3n) is 3.44. The van der Waals surface area contributed by atoms with Gasteiger partial charge in [-0.1, -0.05) is 6.07 Å². The minimum atomic E-state index is -2.94. The Morgan fingerprint density at radius 2 is 2.12 bits per heavy atom. The highest BCUT2D eigenvalue weighted by Gasteiger charge is 2.08. The smallest absolute Gasteiger partial charge is 0.148 e. The molecule has 3 N–H and O–H groups in total. The second kappa shape index (κ2) is 6.80. The second-order valence-corrected chi connectivity index (χ2v) is 8.63. The number of nitrogen functional groups attached to an aromatic ring is 1. The Kier molecular flexibility index (Phi) is 4.74. The van der Waals surface area contributed by atoms with E-state index in [0.717, 1.165) is 27.2 Å². The van der Waals surface area contributed by atoms with Crippen LogP contribution in [0, 0.1) is 0 Å².